The molecule has 2 aromatic rings. The highest BCUT2D eigenvalue weighted by Gasteiger charge is 2.16. The van der Waals surface area contributed by atoms with Gasteiger partial charge in [0.2, 0.25) is 0 Å². The van der Waals surface area contributed by atoms with Gasteiger partial charge in [0.1, 0.15) is 17.3 Å². The van der Waals surface area contributed by atoms with Crippen molar-refractivity contribution < 1.29 is 13.5 Å². The van der Waals surface area contributed by atoms with Crippen molar-refractivity contribution in [1.29, 1.82) is 0 Å². The number of para-hydroxylation sites is 2. The maximum Gasteiger partial charge on any atom is 0.194 e. The fourth-order valence-electron chi connectivity index (χ4n) is 1.39. The molecule has 0 unspecified atom stereocenters. The fraction of sp³-hybridized carbons (Fsp3) is 0.100. The molecule has 0 spiro atoms. The Morgan fingerprint density at radius 3 is 2.53 bits per heavy atom. The number of phenols is 1. The molecule has 0 aliphatic heterocycles. The van der Waals surface area contributed by atoms with Gasteiger partial charge in [-0.25, -0.2) is 13.1 Å². The van der Waals surface area contributed by atoms with E-state index in [0.29, 0.717) is 5.69 Å². The Morgan fingerprint density at radius 1 is 1.35 bits per heavy atom. The second-order valence-corrected chi connectivity index (χ2v) is 5.54. The average molecular weight is 253 g/mol. The number of phenolic OH excluding ortho intramolecular Hbond substituents is 1. The third-order valence-corrected chi connectivity index (χ3v) is 3.16. The predicted molar refractivity (Wildman–Crippen MR) is 62.8 cm³/mol. The van der Waals surface area contributed by atoms with Crippen molar-refractivity contribution in [2.75, 3.05) is 12.0 Å². The summed E-state index contributed by atoms with van der Waals surface area (Å²) >= 11 is 0. The number of nitrogen functional groups attached to an aromatic ring is 1. The van der Waals surface area contributed by atoms with E-state index in [1.165, 1.54) is 16.8 Å². The van der Waals surface area contributed by atoms with E-state index in [-0.39, 0.29) is 16.6 Å². The van der Waals surface area contributed by atoms with E-state index < -0.39 is 9.84 Å². The van der Waals surface area contributed by atoms with Crippen LogP contribution in [0.15, 0.2) is 35.4 Å². The molecule has 2 rings (SSSR count). The van der Waals surface area contributed by atoms with Gasteiger partial charge in [-0.1, -0.05) is 12.1 Å². The van der Waals surface area contributed by atoms with Crippen LogP contribution in [-0.4, -0.2) is 29.6 Å². The number of anilines is 1. The molecule has 90 valence electrons. The van der Waals surface area contributed by atoms with Gasteiger partial charge in [0.05, 0.1) is 0 Å². The normalized spacial score (nSPS) is 11.6. The molecule has 0 saturated heterocycles. The van der Waals surface area contributed by atoms with Crippen LogP contribution >= 0.6 is 0 Å². The van der Waals surface area contributed by atoms with Crippen molar-refractivity contribution in [2.45, 2.75) is 5.03 Å². The van der Waals surface area contributed by atoms with E-state index in [0.717, 1.165) is 6.26 Å². The SMILES string of the molecule is CS(=O)(=O)c1cc(N)n(-c2ccccc2O)n1. The summed E-state index contributed by atoms with van der Waals surface area (Å²) in [5.74, 6) is 0.120. The molecule has 0 fully saturated rings. The minimum atomic E-state index is -3.42. The quantitative estimate of drug-likeness (QED) is 0.815. The Kier molecular flexibility index (Phi) is 2.55. The zero-order chi connectivity index (χ0) is 12.6. The molecule has 1 aromatic carbocycles. The molecular formula is C10H11N3O3S. The minimum absolute atomic E-state index is 0.0256. The number of nitrogens with zero attached hydrogens (tertiary/aromatic N) is 2. The van der Waals surface area contributed by atoms with Crippen LogP contribution in [0.2, 0.25) is 0 Å². The molecule has 3 N–H and O–H groups in total. The lowest BCUT2D eigenvalue weighted by molar-refractivity contribution is 0.470. The molecule has 0 aliphatic carbocycles. The number of rotatable bonds is 2. The maximum atomic E-state index is 11.3. The highest BCUT2D eigenvalue weighted by molar-refractivity contribution is 7.90. The first-order valence-electron chi connectivity index (χ1n) is 4.73. The van der Waals surface area contributed by atoms with E-state index >= 15 is 0 Å². The molecule has 0 atom stereocenters. The second-order valence-electron chi connectivity index (χ2n) is 3.58. The van der Waals surface area contributed by atoms with Gasteiger partial charge in [0, 0.05) is 12.3 Å². The summed E-state index contributed by atoms with van der Waals surface area (Å²) in [5, 5.41) is 13.4. The average Bonchev–Trinajstić information content (AvgIpc) is 2.61. The van der Waals surface area contributed by atoms with E-state index in [1.807, 2.05) is 0 Å². The second kappa shape index (κ2) is 3.77. The van der Waals surface area contributed by atoms with Crippen LogP contribution in [0.4, 0.5) is 5.82 Å². The van der Waals surface area contributed by atoms with E-state index in [4.69, 9.17) is 5.73 Å². The molecular weight excluding hydrogens is 242 g/mol. The van der Waals surface area contributed by atoms with Crippen LogP contribution in [0.3, 0.4) is 0 Å². The molecule has 1 aromatic heterocycles. The lowest BCUT2D eigenvalue weighted by atomic mass is 10.3. The van der Waals surface area contributed by atoms with Gasteiger partial charge in [-0.05, 0) is 12.1 Å². The highest BCUT2D eigenvalue weighted by atomic mass is 32.2. The van der Waals surface area contributed by atoms with Gasteiger partial charge in [-0.3, -0.25) is 0 Å². The predicted octanol–water partition coefficient (Wildman–Crippen LogP) is 0.564. The van der Waals surface area contributed by atoms with Crippen molar-refractivity contribution >= 4 is 15.7 Å². The Balaban J connectivity index is 2.63. The summed E-state index contributed by atoms with van der Waals surface area (Å²) in [6.07, 6.45) is 1.05. The molecule has 0 bridgehead atoms. The van der Waals surface area contributed by atoms with Gasteiger partial charge >= 0.3 is 0 Å². The topological polar surface area (TPSA) is 98.2 Å². The molecule has 0 radical (unpaired) electrons. The number of nitrogens with two attached hydrogens (primary N) is 1. The van der Waals surface area contributed by atoms with Gasteiger partial charge in [-0.2, -0.15) is 5.10 Å². The third kappa shape index (κ3) is 2.09. The van der Waals surface area contributed by atoms with E-state index in [2.05, 4.69) is 5.10 Å². The van der Waals surface area contributed by atoms with E-state index in [9.17, 15) is 13.5 Å². The summed E-state index contributed by atoms with van der Waals surface area (Å²) in [5.41, 5.74) is 6.00. The molecule has 0 aliphatic rings. The Labute approximate surface area is 98.2 Å². The number of benzene rings is 1. The number of aromatic hydroxyl groups is 1. The number of hydrogen-bond donors (Lipinski definition) is 2. The Morgan fingerprint density at radius 2 is 2.00 bits per heavy atom. The molecule has 7 heteroatoms. The first-order valence-corrected chi connectivity index (χ1v) is 6.62. The first-order chi connectivity index (χ1) is 7.89. The minimum Gasteiger partial charge on any atom is -0.506 e. The molecule has 0 saturated carbocycles. The number of hydrogen-bond acceptors (Lipinski definition) is 5. The standard InChI is InChI=1S/C10H11N3O3S/c1-17(15,16)10-6-9(11)13(12-10)7-4-2-3-5-8(7)14/h2-6,14H,11H2,1H3. The fourth-order valence-corrected chi connectivity index (χ4v) is 1.96. The van der Waals surface area contributed by atoms with Crippen LogP contribution in [0, 0.1) is 0 Å². The molecule has 17 heavy (non-hydrogen) atoms. The van der Waals surface area contributed by atoms with Crippen LogP contribution < -0.4 is 5.73 Å². The Hall–Kier alpha value is -2.02. The van der Waals surface area contributed by atoms with Crippen molar-refractivity contribution in [3.05, 3.63) is 30.3 Å². The number of aromatic nitrogens is 2. The van der Waals surface area contributed by atoms with Crippen LogP contribution in [0.25, 0.3) is 5.69 Å². The molecule has 0 amide bonds. The Bertz CT molecular complexity index is 661. The van der Waals surface area contributed by atoms with Crippen molar-refractivity contribution in [3.8, 4) is 11.4 Å². The maximum absolute atomic E-state index is 11.3. The van der Waals surface area contributed by atoms with E-state index in [1.54, 1.807) is 18.2 Å². The monoisotopic (exact) mass is 253 g/mol. The van der Waals surface area contributed by atoms with Gasteiger partial charge in [0.25, 0.3) is 0 Å². The summed E-state index contributed by atoms with van der Waals surface area (Å²) < 4.78 is 23.8. The first kappa shape index (κ1) is 11.5. The molecule has 6 nitrogen and oxygen atoms in total. The summed E-state index contributed by atoms with van der Waals surface area (Å²) in [4.78, 5) is 0. The zero-order valence-electron chi connectivity index (χ0n) is 9.03. The van der Waals surface area contributed by atoms with Gasteiger partial charge < -0.3 is 10.8 Å². The van der Waals surface area contributed by atoms with Crippen LogP contribution in [0.5, 0.6) is 5.75 Å². The smallest absolute Gasteiger partial charge is 0.194 e. The van der Waals surface area contributed by atoms with Gasteiger partial charge in [-0.15, -0.1) is 0 Å². The number of sulfone groups is 1. The van der Waals surface area contributed by atoms with Crippen molar-refractivity contribution in [3.63, 3.8) is 0 Å². The third-order valence-electron chi connectivity index (χ3n) is 2.20. The lowest BCUT2D eigenvalue weighted by Crippen LogP contribution is -2.03. The largest absolute Gasteiger partial charge is 0.506 e. The van der Waals surface area contributed by atoms with Crippen LogP contribution in [0.1, 0.15) is 0 Å². The summed E-state index contributed by atoms with van der Waals surface area (Å²) in [6.45, 7) is 0. The zero-order valence-corrected chi connectivity index (χ0v) is 9.85. The van der Waals surface area contributed by atoms with Gasteiger partial charge in [0.15, 0.2) is 14.9 Å². The highest BCUT2D eigenvalue weighted by Crippen LogP contribution is 2.24. The summed E-state index contributed by atoms with van der Waals surface area (Å²) in [7, 11) is -3.42. The lowest BCUT2D eigenvalue weighted by Gasteiger charge is -2.05. The van der Waals surface area contributed by atoms with Crippen LogP contribution in [-0.2, 0) is 9.84 Å². The van der Waals surface area contributed by atoms with Crippen molar-refractivity contribution in [1.82, 2.24) is 9.78 Å². The summed E-state index contributed by atoms with van der Waals surface area (Å²) in [6, 6.07) is 7.65. The van der Waals surface area contributed by atoms with Crippen molar-refractivity contribution in [2.24, 2.45) is 0 Å². The molecule has 1 heterocycles.